The van der Waals surface area contributed by atoms with Crippen LogP contribution in [-0.4, -0.2) is 22.9 Å². The lowest BCUT2D eigenvalue weighted by molar-refractivity contribution is 0.102. The van der Waals surface area contributed by atoms with Crippen molar-refractivity contribution in [3.63, 3.8) is 0 Å². The standard InChI is InChI=1S/C18H14F2N4O/c1-24(13-6-3-2-4-7-13)18-21-10-12(11-22-18)17(25)23-16-14(19)8-5-9-15(16)20/h2-11H,1H3,(H,23,25). The van der Waals surface area contributed by atoms with Crippen LogP contribution < -0.4 is 10.2 Å². The molecule has 0 aliphatic carbocycles. The summed E-state index contributed by atoms with van der Waals surface area (Å²) in [4.78, 5) is 22.1. The predicted molar refractivity (Wildman–Crippen MR) is 90.8 cm³/mol. The highest BCUT2D eigenvalue weighted by Gasteiger charge is 2.15. The summed E-state index contributed by atoms with van der Waals surface area (Å²) in [5.41, 5.74) is 0.471. The van der Waals surface area contributed by atoms with Crippen LogP contribution >= 0.6 is 0 Å². The average molecular weight is 340 g/mol. The molecule has 0 aliphatic rings. The van der Waals surface area contributed by atoms with Crippen LogP contribution in [0.15, 0.2) is 60.9 Å². The number of rotatable bonds is 4. The molecule has 25 heavy (non-hydrogen) atoms. The molecule has 0 atom stereocenters. The first-order chi connectivity index (χ1) is 12.1. The van der Waals surface area contributed by atoms with E-state index in [1.54, 1.807) is 11.9 Å². The number of nitrogens with one attached hydrogen (secondary N) is 1. The molecule has 5 nitrogen and oxygen atoms in total. The van der Waals surface area contributed by atoms with E-state index in [1.165, 1.54) is 18.5 Å². The van der Waals surface area contributed by atoms with Gasteiger partial charge < -0.3 is 10.2 Å². The number of carbonyl (C=O) groups is 1. The zero-order valence-electron chi connectivity index (χ0n) is 13.3. The number of hydrogen-bond acceptors (Lipinski definition) is 4. The summed E-state index contributed by atoms with van der Waals surface area (Å²) in [5.74, 6) is -2.01. The third kappa shape index (κ3) is 3.60. The van der Waals surface area contributed by atoms with Crippen molar-refractivity contribution in [1.29, 1.82) is 0 Å². The van der Waals surface area contributed by atoms with Gasteiger partial charge in [0.05, 0.1) is 5.56 Å². The molecule has 1 N–H and O–H groups in total. The Hall–Kier alpha value is -3.35. The van der Waals surface area contributed by atoms with E-state index < -0.39 is 23.2 Å². The van der Waals surface area contributed by atoms with Gasteiger partial charge in [-0.05, 0) is 24.3 Å². The Labute approximate surface area is 143 Å². The molecule has 3 aromatic rings. The van der Waals surface area contributed by atoms with E-state index in [0.717, 1.165) is 17.8 Å². The van der Waals surface area contributed by atoms with Gasteiger partial charge in [-0.1, -0.05) is 24.3 Å². The maximum absolute atomic E-state index is 13.6. The fraction of sp³-hybridized carbons (Fsp3) is 0.0556. The van der Waals surface area contributed by atoms with Crippen LogP contribution in [0.5, 0.6) is 0 Å². The van der Waals surface area contributed by atoms with Gasteiger partial charge in [-0.2, -0.15) is 0 Å². The first kappa shape index (κ1) is 16.5. The summed E-state index contributed by atoms with van der Waals surface area (Å²) in [6.45, 7) is 0. The molecule has 0 saturated heterocycles. The minimum absolute atomic E-state index is 0.0906. The quantitative estimate of drug-likeness (QED) is 0.785. The van der Waals surface area contributed by atoms with Crippen LogP contribution in [0.2, 0.25) is 0 Å². The van der Waals surface area contributed by atoms with Gasteiger partial charge in [-0.25, -0.2) is 18.7 Å². The second-order valence-corrected chi connectivity index (χ2v) is 5.22. The zero-order chi connectivity index (χ0) is 17.8. The van der Waals surface area contributed by atoms with Crippen molar-refractivity contribution in [3.8, 4) is 0 Å². The van der Waals surface area contributed by atoms with E-state index in [9.17, 15) is 13.6 Å². The second-order valence-electron chi connectivity index (χ2n) is 5.22. The van der Waals surface area contributed by atoms with E-state index in [0.29, 0.717) is 5.95 Å². The number of para-hydroxylation sites is 2. The Morgan fingerprint density at radius 1 is 0.960 bits per heavy atom. The molecule has 3 rings (SSSR count). The summed E-state index contributed by atoms with van der Waals surface area (Å²) in [7, 11) is 1.79. The first-order valence-corrected chi connectivity index (χ1v) is 7.42. The van der Waals surface area contributed by atoms with E-state index in [-0.39, 0.29) is 5.56 Å². The maximum atomic E-state index is 13.6. The molecule has 0 fully saturated rings. The van der Waals surface area contributed by atoms with Crippen molar-refractivity contribution in [2.24, 2.45) is 0 Å². The van der Waals surface area contributed by atoms with Gasteiger partial charge in [-0.3, -0.25) is 4.79 Å². The van der Waals surface area contributed by atoms with Gasteiger partial charge in [0.1, 0.15) is 17.3 Å². The number of carbonyl (C=O) groups excluding carboxylic acids is 1. The molecular weight excluding hydrogens is 326 g/mol. The Kier molecular flexibility index (Phi) is 4.65. The topological polar surface area (TPSA) is 58.1 Å². The minimum atomic E-state index is -0.852. The van der Waals surface area contributed by atoms with Crippen molar-refractivity contribution < 1.29 is 13.6 Å². The minimum Gasteiger partial charge on any atom is -0.317 e. The van der Waals surface area contributed by atoms with Gasteiger partial charge in [0.2, 0.25) is 5.95 Å². The number of nitrogens with zero attached hydrogens (tertiary/aromatic N) is 3. The zero-order valence-corrected chi connectivity index (χ0v) is 13.3. The van der Waals surface area contributed by atoms with Crippen molar-refractivity contribution in [1.82, 2.24) is 9.97 Å². The average Bonchev–Trinajstić information content (AvgIpc) is 2.65. The van der Waals surface area contributed by atoms with Crippen LogP contribution in [-0.2, 0) is 0 Å². The number of aromatic nitrogens is 2. The molecule has 0 radical (unpaired) electrons. The normalized spacial score (nSPS) is 10.4. The van der Waals surface area contributed by atoms with Gasteiger partial charge in [-0.15, -0.1) is 0 Å². The summed E-state index contributed by atoms with van der Waals surface area (Å²) < 4.78 is 27.2. The molecule has 0 spiro atoms. The van der Waals surface area contributed by atoms with E-state index in [4.69, 9.17) is 0 Å². The van der Waals surface area contributed by atoms with Crippen LogP contribution in [0.1, 0.15) is 10.4 Å². The van der Waals surface area contributed by atoms with Crippen molar-refractivity contribution in [2.45, 2.75) is 0 Å². The number of anilines is 3. The molecule has 0 saturated carbocycles. The van der Waals surface area contributed by atoms with Gasteiger partial charge in [0.25, 0.3) is 5.91 Å². The first-order valence-electron chi connectivity index (χ1n) is 7.42. The molecule has 1 heterocycles. The predicted octanol–water partition coefficient (Wildman–Crippen LogP) is 3.78. The number of benzene rings is 2. The Bertz CT molecular complexity index is 865. The molecule has 2 aromatic carbocycles. The summed E-state index contributed by atoms with van der Waals surface area (Å²) in [5, 5.41) is 2.19. The number of amides is 1. The highest BCUT2D eigenvalue weighted by Crippen LogP contribution is 2.20. The summed E-state index contributed by atoms with van der Waals surface area (Å²) in [6.07, 6.45) is 2.60. The SMILES string of the molecule is CN(c1ccccc1)c1ncc(C(=O)Nc2c(F)cccc2F)cn1. The van der Waals surface area contributed by atoms with Gasteiger partial charge >= 0.3 is 0 Å². The Morgan fingerprint density at radius 2 is 1.56 bits per heavy atom. The summed E-state index contributed by atoms with van der Waals surface area (Å²) >= 11 is 0. The van der Waals surface area contributed by atoms with Gasteiger partial charge in [0.15, 0.2) is 0 Å². The molecule has 0 bridgehead atoms. The fourth-order valence-corrected chi connectivity index (χ4v) is 2.18. The Balaban J connectivity index is 1.77. The second kappa shape index (κ2) is 7.04. The molecule has 1 amide bonds. The molecule has 1 aromatic heterocycles. The lowest BCUT2D eigenvalue weighted by Gasteiger charge is -2.16. The number of hydrogen-bond donors (Lipinski definition) is 1. The van der Waals surface area contributed by atoms with Gasteiger partial charge in [0, 0.05) is 25.1 Å². The monoisotopic (exact) mass is 340 g/mol. The van der Waals surface area contributed by atoms with Crippen LogP contribution in [0, 0.1) is 11.6 Å². The van der Waals surface area contributed by atoms with Crippen molar-refractivity contribution in [2.75, 3.05) is 17.3 Å². The van der Waals surface area contributed by atoms with Crippen molar-refractivity contribution in [3.05, 3.63) is 78.1 Å². The molecule has 0 aliphatic heterocycles. The largest absolute Gasteiger partial charge is 0.317 e. The van der Waals surface area contributed by atoms with E-state index >= 15 is 0 Å². The molecular formula is C18H14F2N4O. The molecule has 7 heteroatoms. The highest BCUT2D eigenvalue weighted by atomic mass is 19.1. The van der Waals surface area contributed by atoms with E-state index in [1.807, 2.05) is 30.3 Å². The molecule has 126 valence electrons. The third-order valence-corrected chi connectivity index (χ3v) is 3.55. The lowest BCUT2D eigenvalue weighted by atomic mass is 10.2. The van der Waals surface area contributed by atoms with Crippen molar-refractivity contribution >= 4 is 23.2 Å². The molecule has 0 unspecified atom stereocenters. The fourth-order valence-electron chi connectivity index (χ4n) is 2.18. The van der Waals surface area contributed by atoms with Crippen LogP contribution in [0.3, 0.4) is 0 Å². The van der Waals surface area contributed by atoms with E-state index in [2.05, 4.69) is 15.3 Å². The summed E-state index contributed by atoms with van der Waals surface area (Å²) in [6, 6.07) is 12.8. The Morgan fingerprint density at radius 3 is 2.16 bits per heavy atom. The smallest absolute Gasteiger partial charge is 0.258 e. The lowest BCUT2D eigenvalue weighted by Crippen LogP contribution is -2.17. The number of halogens is 2. The highest BCUT2D eigenvalue weighted by molar-refractivity contribution is 6.04. The third-order valence-electron chi connectivity index (χ3n) is 3.55. The van der Waals surface area contributed by atoms with Crippen LogP contribution in [0.4, 0.5) is 26.1 Å². The maximum Gasteiger partial charge on any atom is 0.258 e. The van der Waals surface area contributed by atoms with Crippen LogP contribution in [0.25, 0.3) is 0 Å².